The van der Waals surface area contributed by atoms with Gasteiger partial charge in [-0.25, -0.2) is 4.39 Å². The first-order valence-corrected chi connectivity index (χ1v) is 10.6. The van der Waals surface area contributed by atoms with Crippen molar-refractivity contribution in [3.63, 3.8) is 0 Å². The molecule has 1 aliphatic heterocycles. The zero-order chi connectivity index (χ0) is 23.5. The molecule has 1 N–H and O–H groups in total. The molecule has 1 aromatic heterocycles. The zero-order valence-corrected chi connectivity index (χ0v) is 18.3. The topological polar surface area (TPSA) is 79.7 Å². The van der Waals surface area contributed by atoms with E-state index in [1.807, 2.05) is 13.8 Å². The lowest BCUT2D eigenvalue weighted by molar-refractivity contribution is -0.140. The zero-order valence-electron chi connectivity index (χ0n) is 18.3. The summed E-state index contributed by atoms with van der Waals surface area (Å²) in [5.74, 6) is -1.48. The van der Waals surface area contributed by atoms with Crippen LogP contribution < -0.4 is 4.74 Å². The molecular formula is C26H23FN2O4. The number of aromatic nitrogens is 1. The lowest BCUT2D eigenvalue weighted by Gasteiger charge is -2.25. The summed E-state index contributed by atoms with van der Waals surface area (Å²) in [7, 11) is 0. The van der Waals surface area contributed by atoms with Crippen molar-refractivity contribution in [1.29, 1.82) is 0 Å². The number of benzene rings is 2. The lowest BCUT2D eigenvalue weighted by atomic mass is 9.95. The smallest absolute Gasteiger partial charge is 0.295 e. The Balaban J connectivity index is 1.81. The number of carbonyl (C=O) groups excluding carboxylic acids is 2. The number of hydrogen-bond acceptors (Lipinski definition) is 5. The van der Waals surface area contributed by atoms with Gasteiger partial charge in [-0.15, -0.1) is 0 Å². The number of amides is 1. The number of aliphatic hydroxyl groups is 1. The van der Waals surface area contributed by atoms with Gasteiger partial charge in [-0.05, 0) is 73.0 Å². The first-order valence-electron chi connectivity index (χ1n) is 10.6. The van der Waals surface area contributed by atoms with E-state index < -0.39 is 23.5 Å². The molecule has 168 valence electrons. The summed E-state index contributed by atoms with van der Waals surface area (Å²) < 4.78 is 18.9. The molecule has 0 aliphatic carbocycles. The van der Waals surface area contributed by atoms with E-state index in [1.165, 1.54) is 17.0 Å². The fourth-order valence-electron chi connectivity index (χ4n) is 3.99. The first-order chi connectivity index (χ1) is 15.9. The standard InChI is InChI=1S/C26H23FN2O4/c1-3-33-21-9-6-19(14-16(21)2)24(30)22-23(18-10-12-28-13-11-18)29(26(32)25(22)31)15-17-4-7-20(27)8-5-17/h4-14,23,30H,3,15H2,1-2H3/b24-22-. The van der Waals surface area contributed by atoms with Crippen LogP contribution in [0, 0.1) is 12.7 Å². The van der Waals surface area contributed by atoms with Crippen LogP contribution in [-0.4, -0.2) is 33.3 Å². The maximum Gasteiger partial charge on any atom is 0.295 e. The minimum atomic E-state index is -0.815. The van der Waals surface area contributed by atoms with Crippen LogP contribution in [-0.2, 0) is 16.1 Å². The maximum absolute atomic E-state index is 13.4. The molecule has 7 heteroatoms. The molecule has 33 heavy (non-hydrogen) atoms. The number of halogens is 1. The van der Waals surface area contributed by atoms with Gasteiger partial charge in [0.05, 0.1) is 18.2 Å². The van der Waals surface area contributed by atoms with Crippen LogP contribution in [0.15, 0.2) is 72.6 Å². The fraction of sp³-hybridized carbons (Fsp3) is 0.192. The van der Waals surface area contributed by atoms with Gasteiger partial charge in [0.1, 0.15) is 17.3 Å². The largest absolute Gasteiger partial charge is 0.507 e. The second-order valence-corrected chi connectivity index (χ2v) is 7.75. The van der Waals surface area contributed by atoms with Gasteiger partial charge in [-0.1, -0.05) is 12.1 Å². The van der Waals surface area contributed by atoms with Crippen molar-refractivity contribution < 1.29 is 23.8 Å². The molecule has 1 aliphatic rings. The lowest BCUT2D eigenvalue weighted by Crippen LogP contribution is -2.29. The Bertz CT molecular complexity index is 1220. The van der Waals surface area contributed by atoms with Crippen LogP contribution in [0.3, 0.4) is 0 Å². The minimum Gasteiger partial charge on any atom is -0.507 e. The summed E-state index contributed by atoms with van der Waals surface area (Å²) in [4.78, 5) is 31.5. The van der Waals surface area contributed by atoms with Gasteiger partial charge >= 0.3 is 0 Å². The van der Waals surface area contributed by atoms with Gasteiger partial charge in [0.2, 0.25) is 0 Å². The third-order valence-corrected chi connectivity index (χ3v) is 5.58. The highest BCUT2D eigenvalue weighted by molar-refractivity contribution is 6.46. The van der Waals surface area contributed by atoms with Gasteiger partial charge in [0, 0.05) is 24.5 Å². The number of carbonyl (C=O) groups is 2. The summed E-state index contributed by atoms with van der Waals surface area (Å²) in [5.41, 5.74) is 2.50. The summed E-state index contributed by atoms with van der Waals surface area (Å²) in [6, 6.07) is 13.4. The Morgan fingerprint density at radius 1 is 1.09 bits per heavy atom. The van der Waals surface area contributed by atoms with Crippen molar-refractivity contribution >= 4 is 17.4 Å². The number of aliphatic hydroxyl groups excluding tert-OH is 1. The van der Waals surface area contributed by atoms with Gasteiger partial charge < -0.3 is 14.7 Å². The Labute approximate surface area is 191 Å². The average Bonchev–Trinajstić information content (AvgIpc) is 3.07. The number of Topliss-reactive ketones (excluding diaryl/α,β-unsaturated/α-hetero) is 1. The molecule has 0 bridgehead atoms. The number of rotatable bonds is 6. The number of likely N-dealkylation sites (tertiary alicyclic amines) is 1. The van der Waals surface area contributed by atoms with Crippen LogP contribution >= 0.6 is 0 Å². The summed E-state index contributed by atoms with van der Waals surface area (Å²) in [6.07, 6.45) is 3.13. The molecule has 1 unspecified atom stereocenters. The number of pyridine rings is 1. The van der Waals surface area contributed by atoms with Crippen molar-refractivity contribution in [3.8, 4) is 5.75 Å². The molecule has 0 radical (unpaired) electrons. The molecule has 4 rings (SSSR count). The number of ketones is 1. The van der Waals surface area contributed by atoms with E-state index in [-0.39, 0.29) is 17.9 Å². The van der Waals surface area contributed by atoms with E-state index in [2.05, 4.69) is 4.98 Å². The molecular weight excluding hydrogens is 423 g/mol. The molecule has 1 atom stereocenters. The third-order valence-electron chi connectivity index (χ3n) is 5.58. The number of nitrogens with zero attached hydrogens (tertiary/aromatic N) is 2. The van der Waals surface area contributed by atoms with Gasteiger partial charge in [0.15, 0.2) is 0 Å². The maximum atomic E-state index is 13.4. The van der Waals surface area contributed by atoms with E-state index in [0.29, 0.717) is 29.0 Å². The fourth-order valence-corrected chi connectivity index (χ4v) is 3.99. The number of ether oxygens (including phenoxy) is 1. The van der Waals surface area contributed by atoms with Gasteiger partial charge in [0.25, 0.3) is 11.7 Å². The monoisotopic (exact) mass is 446 g/mol. The second-order valence-electron chi connectivity index (χ2n) is 7.75. The Morgan fingerprint density at radius 3 is 2.42 bits per heavy atom. The molecule has 1 amide bonds. The Morgan fingerprint density at radius 2 is 1.79 bits per heavy atom. The molecule has 2 heterocycles. The highest BCUT2D eigenvalue weighted by Crippen LogP contribution is 2.40. The predicted molar refractivity (Wildman–Crippen MR) is 121 cm³/mol. The van der Waals surface area contributed by atoms with Crippen LogP contribution in [0.1, 0.15) is 35.2 Å². The third kappa shape index (κ3) is 4.35. The van der Waals surface area contributed by atoms with Crippen LogP contribution in [0.5, 0.6) is 5.75 Å². The summed E-state index contributed by atoms with van der Waals surface area (Å²) in [5, 5.41) is 11.2. The molecule has 2 aromatic carbocycles. The van der Waals surface area contributed by atoms with E-state index >= 15 is 0 Å². The van der Waals surface area contributed by atoms with E-state index in [9.17, 15) is 19.1 Å². The SMILES string of the molecule is CCOc1ccc(/C(O)=C2/C(=O)C(=O)N(Cc3ccc(F)cc3)C2c2ccncc2)cc1C. The van der Waals surface area contributed by atoms with Crippen molar-refractivity contribution in [3.05, 3.63) is 101 Å². The highest BCUT2D eigenvalue weighted by Gasteiger charge is 2.46. The van der Waals surface area contributed by atoms with Crippen molar-refractivity contribution in [2.45, 2.75) is 26.4 Å². The van der Waals surface area contributed by atoms with Gasteiger partial charge in [-0.2, -0.15) is 0 Å². The Kier molecular flexibility index (Phi) is 6.22. The molecule has 3 aromatic rings. The molecule has 1 saturated heterocycles. The van der Waals surface area contributed by atoms with Crippen molar-refractivity contribution in [2.75, 3.05) is 6.61 Å². The molecule has 0 saturated carbocycles. The van der Waals surface area contributed by atoms with Crippen molar-refractivity contribution in [1.82, 2.24) is 9.88 Å². The summed E-state index contributed by atoms with van der Waals surface area (Å²) >= 11 is 0. The average molecular weight is 446 g/mol. The minimum absolute atomic E-state index is 0.00290. The molecule has 0 spiro atoms. The van der Waals surface area contributed by atoms with Crippen LogP contribution in [0.25, 0.3) is 5.76 Å². The quantitative estimate of drug-likeness (QED) is 0.341. The molecule has 1 fully saturated rings. The first kappa shape index (κ1) is 22.2. The normalized spacial score (nSPS) is 17.4. The van der Waals surface area contributed by atoms with E-state index in [0.717, 1.165) is 5.56 Å². The highest BCUT2D eigenvalue weighted by atomic mass is 19.1. The number of aryl methyl sites for hydroxylation is 1. The Hall–Kier alpha value is -4.00. The van der Waals surface area contributed by atoms with E-state index in [1.54, 1.807) is 54.9 Å². The predicted octanol–water partition coefficient (Wildman–Crippen LogP) is 4.55. The second kappa shape index (κ2) is 9.24. The van der Waals surface area contributed by atoms with Crippen molar-refractivity contribution in [2.24, 2.45) is 0 Å². The van der Waals surface area contributed by atoms with Crippen LogP contribution in [0.4, 0.5) is 4.39 Å². The summed E-state index contributed by atoms with van der Waals surface area (Å²) in [6.45, 7) is 4.31. The van der Waals surface area contributed by atoms with Crippen LogP contribution in [0.2, 0.25) is 0 Å². The number of hydrogen-bond donors (Lipinski definition) is 1. The van der Waals surface area contributed by atoms with Gasteiger partial charge in [-0.3, -0.25) is 14.6 Å². The van der Waals surface area contributed by atoms with E-state index in [4.69, 9.17) is 4.74 Å². The molecule has 6 nitrogen and oxygen atoms in total.